The number of hydrogen-bond donors (Lipinski definition) is 1. The van der Waals surface area contributed by atoms with E-state index in [1.54, 1.807) is 0 Å². The number of benzene rings is 4. The van der Waals surface area contributed by atoms with Crippen LogP contribution in [0, 0.1) is 6.92 Å². The number of hydrogen-bond acceptors (Lipinski definition) is 1. The van der Waals surface area contributed by atoms with Crippen molar-refractivity contribution in [1.82, 2.24) is 3.80 Å². The second-order valence-corrected chi connectivity index (χ2v) is 18.8. The van der Waals surface area contributed by atoms with E-state index in [4.69, 9.17) is 0 Å². The number of halogens is 2. The average molecular weight is 551 g/mol. The largest absolute Gasteiger partial charge is 1.00 e. The molecule has 0 spiro atoms. The molecule has 1 N–H and O–H groups in total. The van der Waals surface area contributed by atoms with E-state index in [1.165, 1.54) is 21.5 Å². The molecule has 0 heterocycles. The van der Waals surface area contributed by atoms with Crippen molar-refractivity contribution in [3.8, 4) is 0 Å². The zero-order valence-corrected chi connectivity index (χ0v) is 23.6. The summed E-state index contributed by atoms with van der Waals surface area (Å²) in [4.78, 5) is 13.6. The van der Waals surface area contributed by atoms with Crippen molar-refractivity contribution in [2.75, 3.05) is 0 Å². The zero-order chi connectivity index (χ0) is 22.6. The van der Waals surface area contributed by atoms with Crippen LogP contribution in [-0.4, -0.2) is 12.6 Å². The fourth-order valence-corrected chi connectivity index (χ4v) is 19.1. The third-order valence-corrected chi connectivity index (χ3v) is 19.7. The minimum absolute atomic E-state index is 0. The fraction of sp³-hybridized carbons (Fsp3) is 0.0690. The minimum Gasteiger partial charge on any atom is -1.00 e. The summed E-state index contributed by atoms with van der Waals surface area (Å²) in [6.45, 7) is 0.351. The number of carbonyl (C=O) groups excluding carboxylic acids is 1. The molecule has 0 bridgehead atoms. The van der Waals surface area contributed by atoms with Gasteiger partial charge in [0.05, 0.1) is 0 Å². The van der Waals surface area contributed by atoms with Gasteiger partial charge in [-0.3, -0.25) is 0 Å². The van der Waals surface area contributed by atoms with E-state index < -0.39 is 24.0 Å². The molecule has 175 valence electrons. The van der Waals surface area contributed by atoms with Crippen LogP contribution in [0.1, 0.15) is 31.3 Å². The maximum Gasteiger partial charge on any atom is -1.00 e. The van der Waals surface area contributed by atoms with E-state index in [1.807, 2.05) is 31.2 Å². The number of amides is 1. The summed E-state index contributed by atoms with van der Waals surface area (Å²) in [5.41, 5.74) is 4.51. The molecule has 0 aromatic heterocycles. The molecule has 0 fully saturated rings. The summed E-state index contributed by atoms with van der Waals surface area (Å²) in [7, 11) is 0. The molecular formula is C29H26Cl2NOSiTi. The molecule has 0 saturated heterocycles. The molecule has 2 nitrogen and oxygen atoms in total. The van der Waals surface area contributed by atoms with Gasteiger partial charge in [0.2, 0.25) is 0 Å². The standard InChI is InChI=1S/C12H11Si.C9H7.C8H9NO.2ClH.Ti/c1-3-7-11(8-4-1)13-12-9-5-2-6-10-12;1-2-5-9-7-3-6-8(9)4-1;1-6-3-2-4-7(5-6)8(9)10;;;/h1-10,13H;1-7H;2-5H,1H3,(H2,9,10);2*1H;/q;;;;;+3/p-3. The molecule has 1 atom stereocenters. The van der Waals surface area contributed by atoms with Gasteiger partial charge in [0.1, 0.15) is 0 Å². The van der Waals surface area contributed by atoms with Crippen LogP contribution in [0.3, 0.4) is 0 Å². The maximum atomic E-state index is 13.6. The summed E-state index contributed by atoms with van der Waals surface area (Å²) in [5.74, 6) is 0.0656. The van der Waals surface area contributed by atoms with Crippen LogP contribution in [-0.2, 0) is 17.4 Å². The van der Waals surface area contributed by atoms with Crippen LogP contribution in [0.25, 0.3) is 6.08 Å². The van der Waals surface area contributed by atoms with Crippen molar-refractivity contribution in [2.45, 2.75) is 11.1 Å². The van der Waals surface area contributed by atoms with Gasteiger partial charge in [-0.2, -0.15) is 0 Å². The van der Waals surface area contributed by atoms with Gasteiger partial charge < -0.3 is 24.8 Å². The smallest absolute Gasteiger partial charge is 1.00 e. The van der Waals surface area contributed by atoms with Gasteiger partial charge in [0.25, 0.3) is 0 Å². The van der Waals surface area contributed by atoms with Crippen LogP contribution in [0.5, 0.6) is 0 Å². The third-order valence-electron chi connectivity index (χ3n) is 6.25. The Kier molecular flexibility index (Phi) is 9.73. The Morgan fingerprint density at radius 1 is 0.771 bits per heavy atom. The Balaban J connectivity index is 0.00000171. The number of allylic oxidation sites excluding steroid dienone is 1. The van der Waals surface area contributed by atoms with E-state index in [-0.39, 0.29) is 30.7 Å². The van der Waals surface area contributed by atoms with Crippen molar-refractivity contribution < 1.29 is 47.0 Å². The molecule has 35 heavy (non-hydrogen) atoms. The van der Waals surface area contributed by atoms with Gasteiger partial charge in [0, 0.05) is 0 Å². The summed E-state index contributed by atoms with van der Waals surface area (Å²) in [6.07, 6.45) is 4.59. The Morgan fingerprint density at radius 2 is 1.37 bits per heavy atom. The molecule has 0 saturated carbocycles. The van der Waals surface area contributed by atoms with Gasteiger partial charge in [0.15, 0.2) is 0 Å². The van der Waals surface area contributed by atoms with Crippen molar-refractivity contribution in [3.05, 3.63) is 138 Å². The minimum atomic E-state index is -2.26. The third kappa shape index (κ3) is 6.06. The van der Waals surface area contributed by atoms with E-state index >= 15 is 0 Å². The number of nitrogens with one attached hydrogen (secondary N) is 1. The Hall–Kier alpha value is -2.40. The fourth-order valence-electron chi connectivity index (χ4n) is 4.68. The van der Waals surface area contributed by atoms with Gasteiger partial charge in [-0.15, -0.1) is 0 Å². The molecule has 1 aliphatic rings. The van der Waals surface area contributed by atoms with E-state index in [2.05, 4.69) is 101 Å². The summed E-state index contributed by atoms with van der Waals surface area (Å²) in [6, 6.07) is 38.3. The normalized spacial score (nSPS) is 13.4. The summed E-state index contributed by atoms with van der Waals surface area (Å²) < 4.78 is 3.98. The predicted molar refractivity (Wildman–Crippen MR) is 136 cm³/mol. The second kappa shape index (κ2) is 12.5. The maximum absolute atomic E-state index is 13.6. The Morgan fingerprint density at radius 3 is 2.00 bits per heavy atom. The summed E-state index contributed by atoms with van der Waals surface area (Å²) >= 11 is -2.26. The monoisotopic (exact) mass is 550 g/mol. The first kappa shape index (κ1) is 27.2. The van der Waals surface area contributed by atoms with Crippen LogP contribution in [0.4, 0.5) is 0 Å². The van der Waals surface area contributed by atoms with Crippen molar-refractivity contribution in [2.24, 2.45) is 0 Å². The first-order valence-electron chi connectivity index (χ1n) is 11.3. The van der Waals surface area contributed by atoms with E-state index in [9.17, 15) is 4.79 Å². The topological polar surface area (TPSA) is 29.1 Å². The molecule has 4 aromatic rings. The Labute approximate surface area is 227 Å². The Bertz CT molecular complexity index is 1260. The molecule has 6 heteroatoms. The first-order valence-corrected chi connectivity index (χ1v) is 17.4. The van der Waals surface area contributed by atoms with E-state index in [0.717, 1.165) is 11.1 Å². The number of aryl methyl sites for hydroxylation is 1. The number of fused-ring (bicyclic) bond motifs is 1. The average Bonchev–Trinajstić information content (AvgIpc) is 3.29. The molecule has 4 aromatic carbocycles. The predicted octanol–water partition coefficient (Wildman–Crippen LogP) is -1.43. The molecule has 0 radical (unpaired) electrons. The molecule has 1 unspecified atom stereocenters. The van der Waals surface area contributed by atoms with Crippen LogP contribution in [0.2, 0.25) is 0 Å². The quantitative estimate of drug-likeness (QED) is 0.293. The molecule has 0 aliphatic heterocycles. The molecule has 5 rings (SSSR count). The van der Waals surface area contributed by atoms with Crippen molar-refractivity contribution in [1.29, 1.82) is 0 Å². The summed E-state index contributed by atoms with van der Waals surface area (Å²) in [5, 5.41) is 2.81. The van der Waals surface area contributed by atoms with Crippen molar-refractivity contribution in [3.63, 3.8) is 0 Å². The molecule has 1 aliphatic carbocycles. The number of rotatable bonds is 6. The van der Waals surface area contributed by atoms with Gasteiger partial charge >= 0.3 is 204 Å². The van der Waals surface area contributed by atoms with Crippen molar-refractivity contribution >= 4 is 29.0 Å². The van der Waals surface area contributed by atoms with Gasteiger partial charge in [-0.05, 0) is 0 Å². The zero-order valence-electron chi connectivity index (χ0n) is 19.4. The van der Waals surface area contributed by atoms with Crippen LogP contribution in [0.15, 0.2) is 115 Å². The SMILES string of the molecule is Cc1cccc(C(=O)[NH][Ti+2]([CH]2C=Cc3ccccc32)[SiH](c2ccccc2)c2ccccc2)c1.[Cl-].[Cl-]. The van der Waals surface area contributed by atoms with E-state index in [0.29, 0.717) is 4.22 Å². The second-order valence-electron chi connectivity index (χ2n) is 8.50. The first-order chi connectivity index (χ1) is 16.2. The van der Waals surface area contributed by atoms with Gasteiger partial charge in [-0.1, -0.05) is 0 Å². The van der Waals surface area contributed by atoms with Crippen LogP contribution < -0.4 is 39.0 Å². The molecule has 1 amide bonds. The number of carbonyl (C=O) groups is 1. The molecular weight excluding hydrogens is 525 g/mol. The van der Waals surface area contributed by atoms with Gasteiger partial charge in [-0.25, -0.2) is 0 Å². The van der Waals surface area contributed by atoms with Crippen LogP contribution >= 0.6 is 0 Å².